The van der Waals surface area contributed by atoms with Crippen molar-refractivity contribution in [1.82, 2.24) is 4.90 Å². The molecular weight excluding hydrogens is 268 g/mol. The molecule has 1 aliphatic heterocycles. The first kappa shape index (κ1) is 15.1. The lowest BCUT2D eigenvalue weighted by atomic mass is 9.68. The fourth-order valence-corrected chi connectivity index (χ4v) is 3.78. The maximum Gasteiger partial charge on any atom is 0.0436 e. The van der Waals surface area contributed by atoms with Gasteiger partial charge in [-0.3, -0.25) is 0 Å². The fraction of sp³-hybridized carbons (Fsp3) is 0.400. The van der Waals surface area contributed by atoms with Gasteiger partial charge in [0.1, 0.15) is 0 Å². The van der Waals surface area contributed by atoms with Crippen LogP contribution in [0.15, 0.2) is 54.6 Å². The third kappa shape index (κ3) is 2.32. The summed E-state index contributed by atoms with van der Waals surface area (Å²) in [4.78, 5) is 2.32. The quantitative estimate of drug-likeness (QED) is 0.912. The number of anilines is 1. The minimum Gasteiger partial charge on any atom is -0.381 e. The van der Waals surface area contributed by atoms with E-state index in [4.69, 9.17) is 0 Å². The molecule has 2 aromatic carbocycles. The standard InChI is InChI=1S/C20H26N2/c1-15(22(3)4)14-20(17-10-6-5-7-11-17)16(2)21-19-13-9-8-12-18(19)20/h5-13,15-16,21H,14H2,1-4H3. The lowest BCUT2D eigenvalue weighted by Gasteiger charge is -2.38. The lowest BCUT2D eigenvalue weighted by Crippen LogP contribution is -2.43. The zero-order valence-electron chi connectivity index (χ0n) is 14.0. The molecule has 1 aliphatic rings. The summed E-state index contributed by atoms with van der Waals surface area (Å²) < 4.78 is 0. The highest BCUT2D eigenvalue weighted by Crippen LogP contribution is 2.48. The molecule has 0 aromatic heterocycles. The Kier molecular flexibility index (Phi) is 3.96. The van der Waals surface area contributed by atoms with Crippen LogP contribution in [0.25, 0.3) is 0 Å². The van der Waals surface area contributed by atoms with E-state index in [1.165, 1.54) is 16.8 Å². The molecule has 2 aromatic rings. The topological polar surface area (TPSA) is 15.3 Å². The van der Waals surface area contributed by atoms with Crippen molar-refractivity contribution in [3.63, 3.8) is 0 Å². The van der Waals surface area contributed by atoms with E-state index in [0.29, 0.717) is 12.1 Å². The van der Waals surface area contributed by atoms with Crippen molar-refractivity contribution < 1.29 is 0 Å². The summed E-state index contributed by atoms with van der Waals surface area (Å²) >= 11 is 0. The molecule has 3 atom stereocenters. The van der Waals surface area contributed by atoms with Crippen molar-refractivity contribution in [2.75, 3.05) is 19.4 Å². The maximum absolute atomic E-state index is 3.71. The molecular formula is C20H26N2. The van der Waals surface area contributed by atoms with Gasteiger partial charge in [-0.15, -0.1) is 0 Å². The Balaban J connectivity index is 2.16. The smallest absolute Gasteiger partial charge is 0.0436 e. The Hall–Kier alpha value is -1.80. The van der Waals surface area contributed by atoms with Gasteiger partial charge >= 0.3 is 0 Å². The fourth-order valence-electron chi connectivity index (χ4n) is 3.78. The zero-order chi connectivity index (χ0) is 15.7. The van der Waals surface area contributed by atoms with Crippen LogP contribution in [-0.4, -0.2) is 31.1 Å². The van der Waals surface area contributed by atoms with Crippen LogP contribution in [0.1, 0.15) is 31.4 Å². The predicted molar refractivity (Wildman–Crippen MR) is 94.5 cm³/mol. The zero-order valence-corrected chi connectivity index (χ0v) is 14.0. The number of rotatable bonds is 4. The number of nitrogens with one attached hydrogen (secondary N) is 1. The molecule has 0 spiro atoms. The Morgan fingerprint density at radius 3 is 2.36 bits per heavy atom. The molecule has 3 rings (SSSR count). The van der Waals surface area contributed by atoms with E-state index in [1.807, 2.05) is 0 Å². The highest BCUT2D eigenvalue weighted by atomic mass is 15.1. The van der Waals surface area contributed by atoms with Gasteiger partial charge < -0.3 is 10.2 Å². The van der Waals surface area contributed by atoms with Gasteiger partial charge in [0.05, 0.1) is 0 Å². The van der Waals surface area contributed by atoms with Crippen molar-refractivity contribution in [3.8, 4) is 0 Å². The van der Waals surface area contributed by atoms with Gasteiger partial charge in [-0.2, -0.15) is 0 Å². The largest absolute Gasteiger partial charge is 0.381 e. The van der Waals surface area contributed by atoms with E-state index < -0.39 is 0 Å². The van der Waals surface area contributed by atoms with Crippen LogP contribution in [-0.2, 0) is 5.41 Å². The van der Waals surface area contributed by atoms with Crippen LogP contribution >= 0.6 is 0 Å². The van der Waals surface area contributed by atoms with E-state index in [-0.39, 0.29) is 5.41 Å². The Morgan fingerprint density at radius 1 is 1.05 bits per heavy atom. The summed E-state index contributed by atoms with van der Waals surface area (Å²) in [6.07, 6.45) is 1.11. The van der Waals surface area contributed by atoms with Crippen molar-refractivity contribution in [1.29, 1.82) is 0 Å². The number of nitrogens with zero attached hydrogens (tertiary/aromatic N) is 1. The van der Waals surface area contributed by atoms with E-state index in [1.54, 1.807) is 0 Å². The van der Waals surface area contributed by atoms with Gasteiger partial charge in [0.25, 0.3) is 0 Å². The molecule has 0 saturated carbocycles. The summed E-state index contributed by atoms with van der Waals surface area (Å²) in [6.45, 7) is 4.63. The third-order valence-corrected chi connectivity index (χ3v) is 5.31. The van der Waals surface area contributed by atoms with Crippen LogP contribution in [0, 0.1) is 0 Å². The van der Waals surface area contributed by atoms with Gasteiger partial charge in [0.2, 0.25) is 0 Å². The highest BCUT2D eigenvalue weighted by molar-refractivity contribution is 5.65. The summed E-state index contributed by atoms with van der Waals surface area (Å²) in [5.74, 6) is 0. The molecule has 116 valence electrons. The SMILES string of the molecule is CC(CC1(c2ccccc2)c2ccccc2NC1C)N(C)C. The highest BCUT2D eigenvalue weighted by Gasteiger charge is 2.46. The molecule has 0 radical (unpaired) electrons. The monoisotopic (exact) mass is 294 g/mol. The molecule has 0 bridgehead atoms. The molecule has 0 amide bonds. The van der Waals surface area contributed by atoms with Crippen molar-refractivity contribution in [2.45, 2.75) is 37.8 Å². The molecule has 1 heterocycles. The van der Waals surface area contributed by atoms with Crippen LogP contribution in [0.3, 0.4) is 0 Å². The van der Waals surface area contributed by atoms with Gasteiger partial charge in [-0.1, -0.05) is 48.5 Å². The second-order valence-electron chi connectivity index (χ2n) is 6.77. The predicted octanol–water partition coefficient (Wildman–Crippen LogP) is 4.13. The second-order valence-corrected chi connectivity index (χ2v) is 6.77. The number of benzene rings is 2. The van der Waals surface area contributed by atoms with E-state index in [9.17, 15) is 0 Å². The van der Waals surface area contributed by atoms with Gasteiger partial charge in [0.15, 0.2) is 0 Å². The average Bonchev–Trinajstić information content (AvgIpc) is 2.81. The van der Waals surface area contributed by atoms with Crippen LogP contribution < -0.4 is 5.32 Å². The van der Waals surface area contributed by atoms with Gasteiger partial charge in [0, 0.05) is 23.2 Å². The summed E-state index contributed by atoms with van der Waals surface area (Å²) in [5, 5.41) is 3.71. The van der Waals surface area contributed by atoms with Gasteiger partial charge in [-0.25, -0.2) is 0 Å². The second kappa shape index (κ2) is 5.77. The average molecular weight is 294 g/mol. The van der Waals surface area contributed by atoms with Crippen molar-refractivity contribution in [2.24, 2.45) is 0 Å². The molecule has 0 saturated heterocycles. The van der Waals surface area contributed by atoms with Crippen molar-refractivity contribution in [3.05, 3.63) is 65.7 Å². The van der Waals surface area contributed by atoms with E-state index in [2.05, 4.69) is 92.8 Å². The van der Waals surface area contributed by atoms with Crippen LogP contribution in [0.2, 0.25) is 0 Å². The number of para-hydroxylation sites is 1. The first-order valence-corrected chi connectivity index (χ1v) is 8.13. The first-order chi connectivity index (χ1) is 10.6. The summed E-state index contributed by atoms with van der Waals surface area (Å²) in [5.41, 5.74) is 4.16. The normalized spacial score (nSPS) is 24.9. The first-order valence-electron chi connectivity index (χ1n) is 8.13. The Bertz CT molecular complexity index is 635. The molecule has 3 unspecified atom stereocenters. The lowest BCUT2D eigenvalue weighted by molar-refractivity contribution is 0.250. The van der Waals surface area contributed by atoms with Crippen molar-refractivity contribution >= 4 is 5.69 Å². The van der Waals surface area contributed by atoms with Gasteiger partial charge in [-0.05, 0) is 51.6 Å². The molecule has 22 heavy (non-hydrogen) atoms. The minimum absolute atomic E-state index is 0.0293. The van der Waals surface area contributed by atoms with E-state index >= 15 is 0 Å². The minimum atomic E-state index is 0.0293. The molecule has 2 nitrogen and oxygen atoms in total. The Labute approximate surface area is 134 Å². The molecule has 1 N–H and O–H groups in total. The Morgan fingerprint density at radius 2 is 1.68 bits per heavy atom. The van der Waals surface area contributed by atoms with Crippen LogP contribution in [0.4, 0.5) is 5.69 Å². The maximum atomic E-state index is 3.71. The van der Waals surface area contributed by atoms with Crippen LogP contribution in [0.5, 0.6) is 0 Å². The summed E-state index contributed by atoms with van der Waals surface area (Å²) in [6, 6.07) is 20.7. The van der Waals surface area contributed by atoms with E-state index in [0.717, 1.165) is 6.42 Å². The summed E-state index contributed by atoms with van der Waals surface area (Å²) in [7, 11) is 4.34. The number of hydrogen-bond acceptors (Lipinski definition) is 2. The molecule has 0 aliphatic carbocycles. The number of fused-ring (bicyclic) bond motifs is 1. The molecule has 0 fully saturated rings. The molecule has 2 heteroatoms. The third-order valence-electron chi connectivity index (χ3n) is 5.31. The number of hydrogen-bond donors (Lipinski definition) is 1.